The highest BCUT2D eigenvalue weighted by Gasteiger charge is 2.10. The molecule has 0 saturated carbocycles. The molecule has 17 heavy (non-hydrogen) atoms. The van der Waals surface area contributed by atoms with Gasteiger partial charge in [-0.25, -0.2) is 0 Å². The van der Waals surface area contributed by atoms with Gasteiger partial charge in [-0.2, -0.15) is 0 Å². The minimum atomic E-state index is 1.06. The molecule has 3 nitrogen and oxygen atoms in total. The molecule has 0 bridgehead atoms. The van der Waals surface area contributed by atoms with Gasteiger partial charge in [0.2, 0.25) is 0 Å². The largest absolute Gasteiger partial charge is 0.372 e. The lowest BCUT2D eigenvalue weighted by Crippen LogP contribution is -2.29. The van der Waals surface area contributed by atoms with E-state index >= 15 is 0 Å². The maximum Gasteiger partial charge on any atom is 0.0602 e. The van der Waals surface area contributed by atoms with Crippen molar-refractivity contribution in [2.24, 2.45) is 4.47 Å². The Kier molecular flexibility index (Phi) is 4.50. The first-order valence-corrected chi connectivity index (χ1v) is 7.60. The Bertz CT molecular complexity index is 406. The van der Waals surface area contributed by atoms with Gasteiger partial charge in [0.05, 0.1) is 15.8 Å². The normalized spacial score (nSPS) is 15.5. The smallest absolute Gasteiger partial charge is 0.0602 e. The van der Waals surface area contributed by atoms with Crippen LogP contribution in [-0.4, -0.2) is 20.1 Å². The highest BCUT2D eigenvalue weighted by atomic mass is 32.8. The average molecular weight is 267 g/mol. The molecule has 0 aromatic heterocycles. The molecule has 0 amide bonds. The minimum absolute atomic E-state index is 1.06. The lowest BCUT2D eigenvalue weighted by molar-refractivity contribution is 0.578. The Morgan fingerprint density at radius 3 is 2.41 bits per heavy atom. The van der Waals surface area contributed by atoms with Crippen LogP contribution in [0, 0.1) is 0 Å². The molecule has 1 saturated heterocycles. The molecule has 1 aromatic carbocycles. The van der Waals surface area contributed by atoms with E-state index in [0.717, 1.165) is 15.8 Å². The first kappa shape index (κ1) is 12.5. The molecule has 0 unspecified atom stereocenters. The zero-order valence-corrected chi connectivity index (χ0v) is 11.6. The number of benzene rings is 1. The Morgan fingerprint density at radius 2 is 1.82 bits per heavy atom. The van der Waals surface area contributed by atoms with Crippen LogP contribution in [0.4, 0.5) is 11.4 Å². The summed E-state index contributed by atoms with van der Waals surface area (Å²) in [7, 11) is 2.97. The lowest BCUT2D eigenvalue weighted by atomic mass is 10.1. The van der Waals surface area contributed by atoms with Crippen molar-refractivity contribution in [3.8, 4) is 0 Å². The van der Waals surface area contributed by atoms with Crippen molar-refractivity contribution >= 4 is 32.7 Å². The van der Waals surface area contributed by atoms with Crippen molar-refractivity contribution in [1.82, 2.24) is 0 Å². The van der Waals surface area contributed by atoms with Crippen molar-refractivity contribution in [3.05, 3.63) is 24.3 Å². The molecule has 1 aliphatic heterocycles. The van der Waals surface area contributed by atoms with Crippen molar-refractivity contribution in [2.45, 2.75) is 19.3 Å². The molecule has 92 valence electrons. The number of hydrogen-bond acceptors (Lipinski definition) is 3. The molecule has 1 aromatic rings. The van der Waals surface area contributed by atoms with Crippen LogP contribution < -0.4 is 9.91 Å². The summed E-state index contributed by atoms with van der Waals surface area (Å²) in [6.45, 7) is 2.36. The fourth-order valence-corrected chi connectivity index (χ4v) is 2.62. The predicted molar refractivity (Wildman–Crippen MR) is 78.1 cm³/mol. The quantitative estimate of drug-likeness (QED) is 0.785. The maximum absolute atomic E-state index is 4.76. The van der Waals surface area contributed by atoms with E-state index in [1.165, 1.54) is 38.0 Å². The molecule has 1 fully saturated rings. The summed E-state index contributed by atoms with van der Waals surface area (Å²) in [5, 5.41) is 1.80. The molecule has 0 radical (unpaired) electrons. The van der Waals surface area contributed by atoms with Crippen molar-refractivity contribution in [3.63, 3.8) is 0 Å². The van der Waals surface area contributed by atoms with E-state index in [4.69, 9.17) is 11.2 Å². The van der Waals surface area contributed by atoms with Crippen LogP contribution in [0.1, 0.15) is 19.3 Å². The summed E-state index contributed by atoms with van der Waals surface area (Å²) in [6.07, 6.45) is 3.99. The first-order valence-electron chi connectivity index (χ1n) is 5.90. The van der Waals surface area contributed by atoms with Gasteiger partial charge in [-0.05, 0) is 43.5 Å². The molecule has 5 heteroatoms. The monoisotopic (exact) mass is 267 g/mol. The third-order valence-electron chi connectivity index (χ3n) is 3.10. The number of nitrogens with zero attached hydrogens (tertiary/aromatic N) is 3. The molecule has 1 heterocycles. The fourth-order valence-electron chi connectivity index (χ4n) is 2.13. The Labute approximate surface area is 111 Å². The SMILES string of the molecule is CN(N=S=S)c1ccc(N2CCCCC2)cc1. The third kappa shape index (κ3) is 3.26. The fraction of sp³-hybridized carbons (Fsp3) is 0.500. The van der Waals surface area contributed by atoms with E-state index in [9.17, 15) is 0 Å². The average Bonchev–Trinajstić information content (AvgIpc) is 2.40. The summed E-state index contributed by atoms with van der Waals surface area (Å²) in [4.78, 5) is 2.45. The summed E-state index contributed by atoms with van der Waals surface area (Å²) in [6, 6.07) is 8.53. The van der Waals surface area contributed by atoms with Crippen LogP contribution in [0.25, 0.3) is 0 Å². The Hall–Kier alpha value is -0.940. The second kappa shape index (κ2) is 6.12. The summed E-state index contributed by atoms with van der Waals surface area (Å²) in [5.41, 5.74) is 2.39. The van der Waals surface area contributed by atoms with Crippen LogP contribution in [0.2, 0.25) is 0 Å². The van der Waals surface area contributed by atoms with Gasteiger partial charge in [0.25, 0.3) is 0 Å². The molecule has 1 aliphatic rings. The van der Waals surface area contributed by atoms with Crippen LogP contribution in [0.3, 0.4) is 0 Å². The number of piperidine rings is 1. The molecule has 2 rings (SSSR count). The van der Waals surface area contributed by atoms with Crippen LogP contribution in [0.15, 0.2) is 28.7 Å². The maximum atomic E-state index is 4.76. The first-order chi connectivity index (χ1) is 8.31. The van der Waals surface area contributed by atoms with E-state index in [1.54, 1.807) is 5.01 Å². The third-order valence-corrected chi connectivity index (χ3v) is 3.61. The summed E-state index contributed by atoms with van der Waals surface area (Å²) in [5.74, 6) is 0. The van der Waals surface area contributed by atoms with E-state index in [-0.39, 0.29) is 0 Å². The summed E-state index contributed by atoms with van der Waals surface area (Å²) < 4.78 is 4.09. The highest BCUT2D eigenvalue weighted by Crippen LogP contribution is 2.23. The molecule has 0 N–H and O–H groups in total. The zero-order chi connectivity index (χ0) is 12.1. The topological polar surface area (TPSA) is 18.8 Å². The standard InChI is InChI=1S/C12H17N3S2/c1-14(13-17-16)11-5-7-12(8-6-11)15-9-3-2-4-10-15/h5-8H,2-4,9-10H2,1H3. The van der Waals surface area contributed by atoms with Crippen LogP contribution in [0.5, 0.6) is 0 Å². The second-order valence-electron chi connectivity index (χ2n) is 4.24. The Balaban J connectivity index is 2.09. The van der Waals surface area contributed by atoms with E-state index < -0.39 is 0 Å². The molecule has 0 aliphatic carbocycles. The minimum Gasteiger partial charge on any atom is -0.372 e. The van der Waals surface area contributed by atoms with Gasteiger partial charge in [0.15, 0.2) is 0 Å². The van der Waals surface area contributed by atoms with Gasteiger partial charge in [0.1, 0.15) is 0 Å². The predicted octanol–water partition coefficient (Wildman–Crippen LogP) is 2.76. The van der Waals surface area contributed by atoms with Crippen molar-refractivity contribution in [2.75, 3.05) is 30.0 Å². The van der Waals surface area contributed by atoms with Gasteiger partial charge in [0, 0.05) is 37.0 Å². The highest BCUT2D eigenvalue weighted by molar-refractivity contribution is 8.12. The van der Waals surface area contributed by atoms with Gasteiger partial charge in [-0.15, -0.1) is 4.47 Å². The number of anilines is 2. The van der Waals surface area contributed by atoms with E-state index in [0.29, 0.717) is 0 Å². The lowest BCUT2D eigenvalue weighted by Gasteiger charge is -2.29. The molecular weight excluding hydrogens is 250 g/mol. The zero-order valence-electron chi connectivity index (χ0n) is 10.0. The van der Waals surface area contributed by atoms with E-state index in [1.807, 2.05) is 7.05 Å². The molecular formula is C12H17N3S2. The number of rotatable bonds is 3. The van der Waals surface area contributed by atoms with Gasteiger partial charge >= 0.3 is 0 Å². The number of hydrogen-bond donors (Lipinski definition) is 0. The molecule has 0 atom stereocenters. The van der Waals surface area contributed by atoms with Crippen molar-refractivity contribution < 1.29 is 0 Å². The van der Waals surface area contributed by atoms with Gasteiger partial charge in [-0.3, -0.25) is 5.01 Å². The second-order valence-corrected chi connectivity index (χ2v) is 5.00. The van der Waals surface area contributed by atoms with Crippen molar-refractivity contribution in [1.29, 1.82) is 0 Å². The van der Waals surface area contributed by atoms with Gasteiger partial charge in [-0.1, -0.05) is 0 Å². The van der Waals surface area contributed by atoms with Crippen LogP contribution in [-0.2, 0) is 21.3 Å². The van der Waals surface area contributed by atoms with E-state index in [2.05, 4.69) is 33.6 Å². The van der Waals surface area contributed by atoms with Crippen LogP contribution >= 0.6 is 0 Å². The Morgan fingerprint density at radius 1 is 1.18 bits per heavy atom. The summed E-state index contributed by atoms with van der Waals surface area (Å²) >= 11 is 4.76. The van der Waals surface area contributed by atoms with Gasteiger partial charge < -0.3 is 4.90 Å². The molecule has 0 spiro atoms.